The van der Waals surface area contributed by atoms with E-state index in [1.165, 1.54) is 6.21 Å². The summed E-state index contributed by atoms with van der Waals surface area (Å²) in [6.07, 6.45) is 6.60. The summed E-state index contributed by atoms with van der Waals surface area (Å²) in [6.45, 7) is 5.34. The molecule has 1 aromatic rings. The van der Waals surface area contributed by atoms with Gasteiger partial charge in [0, 0.05) is 18.6 Å². The first kappa shape index (κ1) is 9.74. The van der Waals surface area contributed by atoms with Crippen LogP contribution in [0.4, 0.5) is 0 Å². The van der Waals surface area contributed by atoms with Crippen molar-refractivity contribution in [1.82, 2.24) is 9.78 Å². The van der Waals surface area contributed by atoms with Crippen molar-refractivity contribution < 1.29 is 0 Å². The first-order valence-corrected chi connectivity index (χ1v) is 4.15. The molecular weight excluding hydrogens is 186 g/mol. The fourth-order valence-corrected chi connectivity index (χ4v) is 0.916. The molecule has 0 saturated heterocycles. The minimum atomic E-state index is 0.406. The second-order valence-corrected chi connectivity index (χ2v) is 2.70. The van der Waals surface area contributed by atoms with E-state index in [4.69, 9.17) is 11.6 Å². The first-order valence-electron chi connectivity index (χ1n) is 3.77. The first-order chi connectivity index (χ1) is 6.25. The molecule has 0 bridgehead atoms. The number of hydrogen-bond donors (Lipinski definition) is 0. The third-order valence-corrected chi connectivity index (χ3v) is 1.81. The third-order valence-electron chi connectivity index (χ3n) is 1.44. The maximum Gasteiger partial charge on any atom is 0.150 e. The number of halogens is 1. The van der Waals surface area contributed by atoms with Crippen LogP contribution in [0.2, 0.25) is 0 Å². The van der Waals surface area contributed by atoms with Gasteiger partial charge in [-0.25, -0.2) is 9.67 Å². The normalized spacial score (nSPS) is 13.1. The fraction of sp³-hybridized carbons (Fsp3) is 0.111. The van der Waals surface area contributed by atoms with E-state index < -0.39 is 0 Å². The molecule has 0 aliphatic carbocycles. The second kappa shape index (κ2) is 4.62. The summed E-state index contributed by atoms with van der Waals surface area (Å²) in [5, 5.41) is 4.43. The zero-order valence-electron chi connectivity index (χ0n) is 7.31. The molecule has 1 heterocycles. The van der Waals surface area contributed by atoms with Crippen LogP contribution in [0, 0.1) is 0 Å². The van der Waals surface area contributed by atoms with Crippen molar-refractivity contribution in [1.29, 1.82) is 0 Å². The fourth-order valence-electron chi connectivity index (χ4n) is 0.773. The van der Waals surface area contributed by atoms with Crippen LogP contribution in [0.15, 0.2) is 41.3 Å². The van der Waals surface area contributed by atoms with Gasteiger partial charge in [0.25, 0.3) is 0 Å². The summed E-state index contributed by atoms with van der Waals surface area (Å²) in [6, 6.07) is 1.82. The summed E-state index contributed by atoms with van der Waals surface area (Å²) in [5.41, 5.74) is 0.782. The van der Waals surface area contributed by atoms with Gasteiger partial charge in [0.2, 0.25) is 0 Å². The highest BCUT2D eigenvalue weighted by Gasteiger charge is 1.98. The number of hydrogen-bond acceptors (Lipinski definition) is 2. The average molecular weight is 196 g/mol. The van der Waals surface area contributed by atoms with Crippen molar-refractivity contribution in [2.75, 3.05) is 0 Å². The minimum absolute atomic E-state index is 0.406. The highest BCUT2D eigenvalue weighted by Crippen LogP contribution is 2.13. The lowest BCUT2D eigenvalue weighted by molar-refractivity contribution is 0.890. The quantitative estimate of drug-likeness (QED) is 0.539. The molecule has 0 amide bonds. The van der Waals surface area contributed by atoms with Gasteiger partial charge in [-0.15, -0.1) is 0 Å². The highest BCUT2D eigenvalue weighted by atomic mass is 35.5. The van der Waals surface area contributed by atoms with Crippen LogP contribution in [0.3, 0.4) is 0 Å². The molecule has 0 saturated carbocycles. The van der Waals surface area contributed by atoms with Crippen molar-refractivity contribution in [2.45, 2.75) is 6.92 Å². The molecule has 3 nitrogen and oxygen atoms in total. The van der Waals surface area contributed by atoms with Gasteiger partial charge in [-0.1, -0.05) is 24.3 Å². The minimum Gasteiger partial charge on any atom is -0.243 e. The van der Waals surface area contributed by atoms with E-state index in [2.05, 4.69) is 16.7 Å². The van der Waals surface area contributed by atoms with Gasteiger partial charge in [0.1, 0.15) is 5.16 Å². The molecule has 0 aliphatic rings. The van der Waals surface area contributed by atoms with Crippen molar-refractivity contribution in [3.8, 4) is 0 Å². The third kappa shape index (κ3) is 2.56. The molecule has 0 spiro atoms. The van der Waals surface area contributed by atoms with Gasteiger partial charge in [0.05, 0.1) is 5.70 Å². The summed E-state index contributed by atoms with van der Waals surface area (Å²) in [4.78, 5) is 3.94. The van der Waals surface area contributed by atoms with E-state index in [-0.39, 0.29) is 0 Å². The molecule has 0 aromatic carbocycles. The molecule has 0 atom stereocenters. The van der Waals surface area contributed by atoms with Gasteiger partial charge in [0.15, 0.2) is 0 Å². The lowest BCUT2D eigenvalue weighted by Crippen LogP contribution is -1.94. The summed E-state index contributed by atoms with van der Waals surface area (Å²) in [7, 11) is 0. The molecule has 1 aromatic heterocycles. The summed E-state index contributed by atoms with van der Waals surface area (Å²) < 4.78 is 1.66. The predicted octanol–water partition coefficient (Wildman–Crippen LogP) is 2.52. The van der Waals surface area contributed by atoms with E-state index in [0.29, 0.717) is 5.16 Å². The molecule has 0 fully saturated rings. The monoisotopic (exact) mass is 195 g/mol. The lowest BCUT2D eigenvalue weighted by Gasteiger charge is -2.00. The average Bonchev–Trinajstić information content (AvgIpc) is 2.65. The van der Waals surface area contributed by atoms with Crippen molar-refractivity contribution in [3.63, 3.8) is 0 Å². The lowest BCUT2D eigenvalue weighted by atomic mass is 10.5. The Morgan fingerprint density at radius 2 is 2.46 bits per heavy atom. The SMILES string of the molecule is C=CC=NC(Cl)=C(C)n1cccn1. The Hall–Kier alpha value is -1.35. The second-order valence-electron chi connectivity index (χ2n) is 2.34. The van der Waals surface area contributed by atoms with Gasteiger partial charge in [-0.2, -0.15) is 5.10 Å². The zero-order valence-corrected chi connectivity index (χ0v) is 8.07. The zero-order chi connectivity index (χ0) is 9.68. The Kier molecular flexibility index (Phi) is 3.46. The Balaban J connectivity index is 2.92. The molecule has 0 radical (unpaired) electrons. The summed E-state index contributed by atoms with van der Waals surface area (Å²) in [5.74, 6) is 0. The largest absolute Gasteiger partial charge is 0.243 e. The van der Waals surface area contributed by atoms with E-state index in [1.54, 1.807) is 23.2 Å². The smallest absolute Gasteiger partial charge is 0.150 e. The molecule has 13 heavy (non-hydrogen) atoms. The van der Waals surface area contributed by atoms with Crippen LogP contribution in [0.5, 0.6) is 0 Å². The maximum atomic E-state index is 5.87. The summed E-state index contributed by atoms with van der Waals surface area (Å²) >= 11 is 5.87. The van der Waals surface area contributed by atoms with E-state index in [1.807, 2.05) is 13.0 Å². The van der Waals surface area contributed by atoms with Crippen LogP contribution in [0.25, 0.3) is 5.70 Å². The number of nitrogens with zero attached hydrogens (tertiary/aromatic N) is 3. The van der Waals surface area contributed by atoms with Crippen molar-refractivity contribution >= 4 is 23.5 Å². The van der Waals surface area contributed by atoms with E-state index >= 15 is 0 Å². The van der Waals surface area contributed by atoms with Crippen molar-refractivity contribution in [2.24, 2.45) is 4.99 Å². The Labute approximate surface area is 82.0 Å². The van der Waals surface area contributed by atoms with E-state index in [0.717, 1.165) is 5.70 Å². The molecule has 68 valence electrons. The van der Waals surface area contributed by atoms with Crippen LogP contribution in [0.1, 0.15) is 6.92 Å². The Morgan fingerprint density at radius 3 is 3.00 bits per heavy atom. The van der Waals surface area contributed by atoms with Crippen LogP contribution < -0.4 is 0 Å². The van der Waals surface area contributed by atoms with Crippen LogP contribution >= 0.6 is 11.6 Å². The van der Waals surface area contributed by atoms with Crippen LogP contribution in [-0.4, -0.2) is 16.0 Å². The maximum absolute atomic E-state index is 5.87. The topological polar surface area (TPSA) is 30.2 Å². The number of aliphatic imine (C=N–C) groups is 1. The number of rotatable bonds is 3. The number of allylic oxidation sites excluding steroid dienone is 2. The molecule has 0 unspecified atom stereocenters. The Morgan fingerprint density at radius 1 is 1.69 bits per heavy atom. The molecule has 0 N–H and O–H groups in total. The molecule has 4 heteroatoms. The number of aromatic nitrogens is 2. The Bertz CT molecular complexity index is 336. The predicted molar refractivity (Wildman–Crippen MR) is 55.7 cm³/mol. The highest BCUT2D eigenvalue weighted by molar-refractivity contribution is 6.32. The molecule has 0 aliphatic heterocycles. The van der Waals surface area contributed by atoms with Crippen molar-refractivity contribution in [3.05, 3.63) is 36.3 Å². The van der Waals surface area contributed by atoms with Gasteiger partial charge in [-0.3, -0.25) is 0 Å². The molecule has 1 rings (SSSR count). The van der Waals surface area contributed by atoms with E-state index in [9.17, 15) is 0 Å². The standard InChI is InChI=1S/C9H10ClN3/c1-3-5-11-9(10)8(2)13-7-4-6-12-13/h3-7H,1H2,2H3. The van der Waals surface area contributed by atoms with Gasteiger partial charge in [-0.05, 0) is 13.0 Å². The molecular formula is C9H10ClN3. The van der Waals surface area contributed by atoms with Gasteiger partial charge < -0.3 is 0 Å². The van der Waals surface area contributed by atoms with Crippen LogP contribution in [-0.2, 0) is 0 Å². The van der Waals surface area contributed by atoms with Gasteiger partial charge >= 0.3 is 0 Å².